The first-order valence-corrected chi connectivity index (χ1v) is 7.01. The Labute approximate surface area is 119 Å². The summed E-state index contributed by atoms with van der Waals surface area (Å²) in [6.45, 7) is 7.37. The second-order valence-electron chi connectivity index (χ2n) is 4.45. The molecule has 108 valence electrons. The second-order valence-corrected chi connectivity index (χ2v) is 4.45. The summed E-state index contributed by atoms with van der Waals surface area (Å²) < 4.78 is 7.59. The van der Waals surface area contributed by atoms with E-state index in [4.69, 9.17) is 10.5 Å². The molecule has 0 aliphatic rings. The molecule has 0 aliphatic heterocycles. The molecule has 0 amide bonds. The largest absolute Gasteiger partial charge is 0.434 e. The van der Waals surface area contributed by atoms with Gasteiger partial charge in [0.05, 0.1) is 18.1 Å². The van der Waals surface area contributed by atoms with Crippen molar-refractivity contribution in [2.75, 3.05) is 0 Å². The summed E-state index contributed by atoms with van der Waals surface area (Å²) in [5.41, 5.74) is 8.93. The van der Waals surface area contributed by atoms with Gasteiger partial charge in [-0.15, -0.1) is 5.10 Å². The number of nitrogens with zero attached hydrogens (tertiary/aromatic N) is 4. The maximum absolute atomic E-state index is 5.87. The van der Waals surface area contributed by atoms with Gasteiger partial charge in [0, 0.05) is 18.7 Å². The van der Waals surface area contributed by atoms with E-state index >= 15 is 0 Å². The van der Waals surface area contributed by atoms with E-state index in [9.17, 15) is 0 Å². The van der Waals surface area contributed by atoms with Gasteiger partial charge in [-0.1, -0.05) is 13.8 Å². The normalized spacial score (nSPS) is 10.8. The Morgan fingerprint density at radius 1 is 1.15 bits per heavy atom. The average molecular weight is 275 g/mol. The minimum atomic E-state index is 0.392. The molecule has 0 radical (unpaired) electrons. The van der Waals surface area contributed by atoms with Crippen LogP contribution in [-0.2, 0) is 25.9 Å². The molecule has 20 heavy (non-hydrogen) atoms. The summed E-state index contributed by atoms with van der Waals surface area (Å²) in [5, 5.41) is 12.6. The van der Waals surface area contributed by atoms with Crippen LogP contribution in [0.2, 0.25) is 0 Å². The van der Waals surface area contributed by atoms with Gasteiger partial charge in [0.25, 0.3) is 0 Å². The molecule has 2 heterocycles. The van der Waals surface area contributed by atoms with Crippen LogP contribution < -0.4 is 10.5 Å². The molecular formula is C14H21N5O. The first-order valence-electron chi connectivity index (χ1n) is 7.01. The minimum absolute atomic E-state index is 0.392. The zero-order valence-electron chi connectivity index (χ0n) is 12.3. The van der Waals surface area contributed by atoms with Gasteiger partial charge in [-0.3, -0.25) is 4.68 Å². The van der Waals surface area contributed by atoms with Gasteiger partial charge in [0.2, 0.25) is 5.88 Å². The molecule has 0 aliphatic carbocycles. The van der Waals surface area contributed by atoms with Gasteiger partial charge in [0.15, 0.2) is 5.75 Å². The number of hydrogen-bond acceptors (Lipinski definition) is 5. The molecule has 0 saturated carbocycles. The first kappa shape index (κ1) is 14.5. The molecule has 0 spiro atoms. The fraction of sp³-hybridized carbons (Fsp3) is 0.500. The topological polar surface area (TPSA) is 78.9 Å². The molecule has 2 N–H and O–H groups in total. The van der Waals surface area contributed by atoms with Crippen LogP contribution in [0.15, 0.2) is 12.4 Å². The SMILES string of the molecule is CCc1nnc(Oc2cnn(CC)c2)c(CN)c1CC. The van der Waals surface area contributed by atoms with Crippen LogP contribution in [0.5, 0.6) is 11.6 Å². The lowest BCUT2D eigenvalue weighted by atomic mass is 10.0. The number of aryl methyl sites for hydroxylation is 2. The van der Waals surface area contributed by atoms with Crippen molar-refractivity contribution in [1.82, 2.24) is 20.0 Å². The Hall–Kier alpha value is -1.95. The lowest BCUT2D eigenvalue weighted by Crippen LogP contribution is -2.10. The van der Waals surface area contributed by atoms with E-state index in [1.54, 1.807) is 10.9 Å². The van der Waals surface area contributed by atoms with Crippen molar-refractivity contribution in [1.29, 1.82) is 0 Å². The predicted octanol–water partition coefficient (Wildman–Crippen LogP) is 2.07. The maximum Gasteiger partial charge on any atom is 0.243 e. The Balaban J connectivity index is 2.35. The average Bonchev–Trinajstić information content (AvgIpc) is 2.94. The summed E-state index contributed by atoms with van der Waals surface area (Å²) in [6.07, 6.45) is 5.22. The number of nitrogens with two attached hydrogens (primary N) is 1. The van der Waals surface area contributed by atoms with E-state index in [0.29, 0.717) is 18.2 Å². The highest BCUT2D eigenvalue weighted by atomic mass is 16.5. The van der Waals surface area contributed by atoms with Gasteiger partial charge >= 0.3 is 0 Å². The third-order valence-electron chi connectivity index (χ3n) is 3.27. The third-order valence-corrected chi connectivity index (χ3v) is 3.27. The van der Waals surface area contributed by atoms with E-state index < -0.39 is 0 Å². The van der Waals surface area contributed by atoms with Crippen molar-refractivity contribution in [3.8, 4) is 11.6 Å². The first-order chi connectivity index (χ1) is 9.73. The summed E-state index contributed by atoms with van der Waals surface area (Å²) in [7, 11) is 0. The van der Waals surface area contributed by atoms with E-state index in [0.717, 1.165) is 36.2 Å². The number of hydrogen-bond donors (Lipinski definition) is 1. The lowest BCUT2D eigenvalue weighted by Gasteiger charge is -2.13. The van der Waals surface area contributed by atoms with E-state index in [1.165, 1.54) is 0 Å². The van der Waals surface area contributed by atoms with Crippen molar-refractivity contribution in [3.05, 3.63) is 29.2 Å². The maximum atomic E-state index is 5.87. The minimum Gasteiger partial charge on any atom is -0.434 e. The zero-order valence-corrected chi connectivity index (χ0v) is 12.3. The number of ether oxygens (including phenoxy) is 1. The van der Waals surface area contributed by atoms with Crippen LogP contribution in [0.1, 0.15) is 37.6 Å². The fourth-order valence-corrected chi connectivity index (χ4v) is 2.21. The van der Waals surface area contributed by atoms with E-state index in [2.05, 4.69) is 29.1 Å². The molecule has 0 unspecified atom stereocenters. The number of rotatable bonds is 6. The van der Waals surface area contributed by atoms with Gasteiger partial charge in [-0.25, -0.2) is 0 Å². The van der Waals surface area contributed by atoms with Crippen molar-refractivity contribution >= 4 is 0 Å². The van der Waals surface area contributed by atoms with Crippen molar-refractivity contribution < 1.29 is 4.74 Å². The molecule has 0 atom stereocenters. The predicted molar refractivity (Wildman–Crippen MR) is 76.7 cm³/mol. The Morgan fingerprint density at radius 3 is 2.50 bits per heavy atom. The van der Waals surface area contributed by atoms with Gasteiger partial charge in [-0.2, -0.15) is 10.2 Å². The second kappa shape index (κ2) is 6.47. The molecular weight excluding hydrogens is 254 g/mol. The molecule has 2 rings (SSSR count). The summed E-state index contributed by atoms with van der Waals surface area (Å²) in [5.74, 6) is 1.14. The number of aromatic nitrogens is 4. The van der Waals surface area contributed by atoms with Gasteiger partial charge < -0.3 is 10.5 Å². The monoisotopic (exact) mass is 275 g/mol. The summed E-state index contributed by atoms with van der Waals surface area (Å²) >= 11 is 0. The van der Waals surface area contributed by atoms with Crippen molar-refractivity contribution in [2.45, 2.75) is 46.7 Å². The summed E-state index contributed by atoms with van der Waals surface area (Å²) in [4.78, 5) is 0. The van der Waals surface area contributed by atoms with Gasteiger partial charge in [0.1, 0.15) is 0 Å². The zero-order chi connectivity index (χ0) is 14.5. The van der Waals surface area contributed by atoms with E-state index in [1.807, 2.05) is 13.1 Å². The molecule has 0 saturated heterocycles. The molecule has 2 aromatic heterocycles. The summed E-state index contributed by atoms with van der Waals surface area (Å²) in [6, 6.07) is 0. The highest BCUT2D eigenvalue weighted by molar-refractivity contribution is 5.38. The van der Waals surface area contributed by atoms with Crippen LogP contribution in [0.4, 0.5) is 0 Å². The van der Waals surface area contributed by atoms with Crippen LogP contribution in [0, 0.1) is 0 Å². The molecule has 2 aromatic rings. The molecule has 0 aromatic carbocycles. The van der Waals surface area contributed by atoms with Crippen LogP contribution in [0.25, 0.3) is 0 Å². The molecule has 0 fully saturated rings. The van der Waals surface area contributed by atoms with Crippen molar-refractivity contribution in [3.63, 3.8) is 0 Å². The molecule has 6 nitrogen and oxygen atoms in total. The van der Waals surface area contributed by atoms with E-state index in [-0.39, 0.29) is 0 Å². The Morgan fingerprint density at radius 2 is 1.95 bits per heavy atom. The quantitative estimate of drug-likeness (QED) is 0.873. The lowest BCUT2D eigenvalue weighted by molar-refractivity contribution is 0.444. The standard InChI is InChI=1S/C14H21N5O/c1-4-11-12(7-15)14(18-17-13(11)5-2)20-10-8-16-19(6-3)9-10/h8-9H,4-7,15H2,1-3H3. The highest BCUT2D eigenvalue weighted by Crippen LogP contribution is 2.26. The van der Waals surface area contributed by atoms with Crippen LogP contribution >= 0.6 is 0 Å². The molecule has 6 heteroatoms. The fourth-order valence-electron chi connectivity index (χ4n) is 2.21. The third kappa shape index (κ3) is 2.80. The van der Waals surface area contributed by atoms with Crippen molar-refractivity contribution in [2.24, 2.45) is 5.73 Å². The van der Waals surface area contributed by atoms with Gasteiger partial charge in [-0.05, 0) is 25.3 Å². The smallest absolute Gasteiger partial charge is 0.243 e. The Kier molecular flexibility index (Phi) is 4.68. The Bertz CT molecular complexity index is 579. The highest BCUT2D eigenvalue weighted by Gasteiger charge is 2.15. The van der Waals surface area contributed by atoms with Crippen LogP contribution in [0.3, 0.4) is 0 Å². The molecule has 0 bridgehead atoms. The van der Waals surface area contributed by atoms with Crippen LogP contribution in [-0.4, -0.2) is 20.0 Å².